The molecule has 0 saturated heterocycles. The number of rotatable bonds is 14. The Morgan fingerprint density at radius 3 is 2.40 bits per heavy atom. The molecule has 1 unspecified atom stereocenters. The first kappa shape index (κ1) is 34.3. The summed E-state index contributed by atoms with van der Waals surface area (Å²) >= 11 is 0. The van der Waals surface area contributed by atoms with Crippen molar-refractivity contribution >= 4 is 37.5 Å². The van der Waals surface area contributed by atoms with Gasteiger partial charge in [-0.2, -0.15) is 0 Å². The molecule has 42 heavy (non-hydrogen) atoms. The van der Waals surface area contributed by atoms with Gasteiger partial charge in [-0.3, -0.25) is 10.1 Å². The number of ether oxygens (including phenoxy) is 3. The van der Waals surface area contributed by atoms with Gasteiger partial charge in [-0.05, 0) is 51.4 Å². The van der Waals surface area contributed by atoms with Gasteiger partial charge >= 0.3 is 12.2 Å². The molecule has 0 radical (unpaired) electrons. The van der Waals surface area contributed by atoms with Crippen molar-refractivity contribution in [3.05, 3.63) is 55.5 Å². The van der Waals surface area contributed by atoms with Gasteiger partial charge in [0, 0.05) is 38.5 Å². The summed E-state index contributed by atoms with van der Waals surface area (Å²) in [4.78, 5) is 42.0. The number of imidazole rings is 1. The van der Waals surface area contributed by atoms with Gasteiger partial charge in [0.1, 0.15) is 18.2 Å². The van der Waals surface area contributed by atoms with E-state index >= 15 is 0 Å². The number of carbonyl (C=O) groups is 3. The van der Waals surface area contributed by atoms with Crippen LogP contribution in [0.3, 0.4) is 0 Å². The maximum atomic E-state index is 12.7. The van der Waals surface area contributed by atoms with E-state index < -0.39 is 31.9 Å². The minimum atomic E-state index is -1.31. The molecule has 230 valence electrons. The van der Waals surface area contributed by atoms with Gasteiger partial charge in [-0.25, -0.2) is 14.6 Å². The monoisotopic (exact) mass is 599 g/mol. The van der Waals surface area contributed by atoms with E-state index in [1.54, 1.807) is 45.0 Å². The molecule has 3 N–H and O–H groups in total. The smallest absolute Gasteiger partial charge is 0.411 e. The molecule has 1 atom stereocenters. The van der Waals surface area contributed by atoms with E-state index in [2.05, 4.69) is 48.7 Å². The highest BCUT2D eigenvalue weighted by Gasteiger charge is 2.25. The summed E-state index contributed by atoms with van der Waals surface area (Å²) in [5, 5.41) is 8.38. The third-order valence-corrected chi connectivity index (χ3v) is 7.47. The zero-order valence-corrected chi connectivity index (χ0v) is 26.8. The molecule has 1 heterocycles. The SMILES string of the molecule is C=CCC(=O)Nc1cc(NC(=O)OC)ccc1-c1cn(COCC[Si](C)(C)C)c(C(CC=C)NC(=O)OC(C)(C)C)n1. The summed E-state index contributed by atoms with van der Waals surface area (Å²) in [6.45, 7) is 20.5. The third-order valence-electron chi connectivity index (χ3n) is 5.77. The van der Waals surface area contributed by atoms with E-state index in [0.29, 0.717) is 41.5 Å². The van der Waals surface area contributed by atoms with E-state index in [1.165, 1.54) is 13.2 Å². The summed E-state index contributed by atoms with van der Waals surface area (Å²) in [5.74, 6) is 0.246. The van der Waals surface area contributed by atoms with Crippen molar-refractivity contribution in [3.8, 4) is 11.3 Å². The lowest BCUT2D eigenvalue weighted by atomic mass is 10.1. The number of anilines is 2. The van der Waals surface area contributed by atoms with Crippen LogP contribution in [0.5, 0.6) is 0 Å². The van der Waals surface area contributed by atoms with Crippen LogP contribution < -0.4 is 16.0 Å². The summed E-state index contributed by atoms with van der Waals surface area (Å²) in [7, 11) is -0.0433. The molecule has 0 saturated carbocycles. The van der Waals surface area contributed by atoms with Crippen molar-refractivity contribution < 1.29 is 28.6 Å². The summed E-state index contributed by atoms with van der Waals surface area (Å²) < 4.78 is 18.1. The number of benzene rings is 1. The second-order valence-electron chi connectivity index (χ2n) is 11.9. The Balaban J connectivity index is 2.56. The lowest BCUT2D eigenvalue weighted by Gasteiger charge is -2.23. The van der Waals surface area contributed by atoms with Crippen molar-refractivity contribution in [2.75, 3.05) is 24.4 Å². The molecule has 2 rings (SSSR count). The fraction of sp³-hybridized carbons (Fsp3) is 0.467. The van der Waals surface area contributed by atoms with Gasteiger partial charge in [-0.15, -0.1) is 13.2 Å². The van der Waals surface area contributed by atoms with Gasteiger partial charge in [0.05, 0.1) is 24.5 Å². The Morgan fingerprint density at radius 1 is 1.10 bits per heavy atom. The predicted molar refractivity (Wildman–Crippen MR) is 168 cm³/mol. The molecule has 2 aromatic rings. The van der Waals surface area contributed by atoms with E-state index in [9.17, 15) is 14.4 Å². The standard InChI is InChI=1S/C30H45N5O6Si/c1-10-12-23(34-29(38)41-30(3,4)5)27-33-25(19-35(27)20-40-16-17-42(7,8)9)22-15-14-21(31-28(37)39-6)18-24(22)32-26(36)13-11-2/h10-11,14-15,18-19,23H,1-2,12-13,16-17,20H2,3-9H3,(H,31,37)(H,32,36)(H,34,38). The highest BCUT2D eigenvalue weighted by Crippen LogP contribution is 2.32. The number of alkyl carbamates (subject to hydrolysis) is 1. The first-order valence-electron chi connectivity index (χ1n) is 13.8. The van der Waals surface area contributed by atoms with Gasteiger partial charge in [0.15, 0.2) is 0 Å². The number of hydrogen-bond acceptors (Lipinski definition) is 7. The van der Waals surface area contributed by atoms with Crippen LogP contribution in [0.2, 0.25) is 25.7 Å². The second kappa shape index (κ2) is 15.4. The number of aromatic nitrogens is 2. The van der Waals surface area contributed by atoms with Crippen molar-refractivity contribution in [2.45, 2.75) is 77.7 Å². The van der Waals surface area contributed by atoms with E-state index in [-0.39, 0.29) is 19.1 Å². The zero-order valence-electron chi connectivity index (χ0n) is 25.8. The number of carbonyl (C=O) groups excluding carboxylic acids is 3. The van der Waals surface area contributed by atoms with E-state index in [1.807, 2.05) is 10.8 Å². The van der Waals surface area contributed by atoms with Crippen LogP contribution in [0, 0.1) is 0 Å². The van der Waals surface area contributed by atoms with E-state index in [4.69, 9.17) is 19.2 Å². The molecule has 0 aliphatic heterocycles. The Kier molecular flexibility index (Phi) is 12.5. The van der Waals surface area contributed by atoms with Crippen molar-refractivity contribution in [1.29, 1.82) is 0 Å². The average molecular weight is 600 g/mol. The van der Waals surface area contributed by atoms with Crippen LogP contribution in [0.25, 0.3) is 11.3 Å². The Morgan fingerprint density at radius 2 is 1.81 bits per heavy atom. The molecule has 3 amide bonds. The molecule has 12 heteroatoms. The second-order valence-corrected chi connectivity index (χ2v) is 17.6. The lowest BCUT2D eigenvalue weighted by molar-refractivity contribution is -0.115. The van der Waals surface area contributed by atoms with Crippen LogP contribution in [0.15, 0.2) is 49.7 Å². The zero-order chi connectivity index (χ0) is 31.5. The maximum absolute atomic E-state index is 12.7. The normalized spacial score (nSPS) is 12.2. The topological polar surface area (TPSA) is 133 Å². The van der Waals surface area contributed by atoms with Crippen LogP contribution in [-0.2, 0) is 25.7 Å². The molecule has 0 aliphatic carbocycles. The summed E-state index contributed by atoms with van der Waals surface area (Å²) in [6, 6.07) is 5.46. The number of amides is 3. The fourth-order valence-electron chi connectivity index (χ4n) is 3.78. The lowest BCUT2D eigenvalue weighted by Crippen LogP contribution is -2.36. The average Bonchev–Trinajstić information content (AvgIpc) is 3.28. The van der Waals surface area contributed by atoms with Crippen molar-refractivity contribution in [2.24, 2.45) is 0 Å². The molecule has 0 fully saturated rings. The van der Waals surface area contributed by atoms with Gasteiger partial charge in [0.2, 0.25) is 5.91 Å². The first-order valence-corrected chi connectivity index (χ1v) is 17.5. The van der Waals surface area contributed by atoms with Gasteiger partial charge in [0.25, 0.3) is 0 Å². The van der Waals surface area contributed by atoms with Crippen molar-refractivity contribution in [3.63, 3.8) is 0 Å². The van der Waals surface area contributed by atoms with Crippen LogP contribution in [0.4, 0.5) is 21.0 Å². The third kappa shape index (κ3) is 11.5. The quantitative estimate of drug-likeness (QED) is 0.125. The molecule has 0 aliphatic rings. The predicted octanol–water partition coefficient (Wildman–Crippen LogP) is 6.70. The fourth-order valence-corrected chi connectivity index (χ4v) is 4.53. The molecular formula is C30H45N5O6Si. The van der Waals surface area contributed by atoms with Gasteiger partial charge in [-0.1, -0.05) is 31.8 Å². The number of nitrogens with zero attached hydrogens (tertiary/aromatic N) is 2. The molecule has 1 aromatic heterocycles. The highest BCUT2D eigenvalue weighted by atomic mass is 28.3. The molecule has 0 bridgehead atoms. The molecular weight excluding hydrogens is 554 g/mol. The number of methoxy groups -OCH3 is 1. The summed E-state index contributed by atoms with van der Waals surface area (Å²) in [5.41, 5.74) is 1.29. The van der Waals surface area contributed by atoms with Crippen molar-refractivity contribution in [1.82, 2.24) is 14.9 Å². The number of nitrogens with one attached hydrogen (secondary N) is 3. The Hall–Kier alpha value is -3.90. The number of hydrogen-bond donors (Lipinski definition) is 3. The largest absolute Gasteiger partial charge is 0.453 e. The maximum Gasteiger partial charge on any atom is 0.411 e. The molecule has 1 aromatic carbocycles. The minimum absolute atomic E-state index is 0.0972. The molecule has 0 spiro atoms. The van der Waals surface area contributed by atoms with Gasteiger partial charge < -0.3 is 29.4 Å². The molecule has 11 nitrogen and oxygen atoms in total. The van der Waals surface area contributed by atoms with Crippen LogP contribution >= 0.6 is 0 Å². The Bertz CT molecular complexity index is 1260. The van der Waals surface area contributed by atoms with E-state index in [0.717, 1.165) is 6.04 Å². The van der Waals surface area contributed by atoms with Crippen LogP contribution in [0.1, 0.15) is 45.5 Å². The van der Waals surface area contributed by atoms with Crippen LogP contribution in [-0.4, -0.2) is 55.0 Å². The Labute approximate surface area is 249 Å². The minimum Gasteiger partial charge on any atom is -0.453 e. The summed E-state index contributed by atoms with van der Waals surface area (Å²) in [6.07, 6.45) is 4.26. The first-order chi connectivity index (χ1) is 19.7. The highest BCUT2D eigenvalue weighted by molar-refractivity contribution is 6.76.